The van der Waals surface area contributed by atoms with Gasteiger partial charge < -0.3 is 5.32 Å². The number of amides is 1. The van der Waals surface area contributed by atoms with Crippen LogP contribution in [0.15, 0.2) is 12.7 Å². The summed E-state index contributed by atoms with van der Waals surface area (Å²) >= 11 is 0. The van der Waals surface area contributed by atoms with E-state index >= 15 is 0 Å². The van der Waals surface area contributed by atoms with Gasteiger partial charge in [0.2, 0.25) is 5.91 Å². The van der Waals surface area contributed by atoms with E-state index in [-0.39, 0.29) is 11.4 Å². The van der Waals surface area contributed by atoms with E-state index in [9.17, 15) is 4.79 Å². The van der Waals surface area contributed by atoms with Crippen LogP contribution in [-0.4, -0.2) is 11.4 Å². The fourth-order valence-corrected chi connectivity index (χ4v) is 0.600. The number of carbonyl (C=O) groups is 1. The Bertz CT molecular complexity index is 133. The standard InChI is InChI=1S/C8H15NO/c1-5-6-7(10)9-8(2,3)4/h5H,1,6H2,2-4H3,(H,9,10). The molecule has 0 saturated heterocycles. The second kappa shape index (κ2) is 3.40. The number of rotatable bonds is 2. The molecule has 0 spiro atoms. The molecule has 0 bridgehead atoms. The number of nitrogens with one attached hydrogen (secondary N) is 1. The first-order chi connectivity index (χ1) is 4.45. The monoisotopic (exact) mass is 141 g/mol. The van der Waals surface area contributed by atoms with E-state index in [0.29, 0.717) is 6.42 Å². The molecule has 0 atom stereocenters. The Kier molecular flexibility index (Phi) is 3.13. The molecule has 0 aromatic rings. The minimum atomic E-state index is -0.125. The Labute approximate surface area is 62.3 Å². The van der Waals surface area contributed by atoms with Gasteiger partial charge in [-0.15, -0.1) is 6.58 Å². The quantitative estimate of drug-likeness (QED) is 0.580. The lowest BCUT2D eigenvalue weighted by molar-refractivity contribution is -0.121. The lowest BCUT2D eigenvalue weighted by Crippen LogP contribution is -2.40. The molecule has 0 radical (unpaired) electrons. The van der Waals surface area contributed by atoms with E-state index in [2.05, 4.69) is 11.9 Å². The van der Waals surface area contributed by atoms with Crippen LogP contribution in [0.5, 0.6) is 0 Å². The smallest absolute Gasteiger partial charge is 0.224 e. The summed E-state index contributed by atoms with van der Waals surface area (Å²) in [6.45, 7) is 9.33. The molecule has 0 rings (SSSR count). The highest BCUT2D eigenvalue weighted by Gasteiger charge is 2.11. The predicted molar refractivity (Wildman–Crippen MR) is 42.7 cm³/mol. The Hall–Kier alpha value is -0.790. The molecule has 1 amide bonds. The third-order valence-corrected chi connectivity index (χ3v) is 0.844. The molecule has 0 fully saturated rings. The topological polar surface area (TPSA) is 29.1 Å². The average Bonchev–Trinajstić information content (AvgIpc) is 1.59. The van der Waals surface area contributed by atoms with Crippen LogP contribution < -0.4 is 5.32 Å². The summed E-state index contributed by atoms with van der Waals surface area (Å²) in [6.07, 6.45) is 2.00. The normalized spacial score (nSPS) is 10.7. The second-order valence-corrected chi connectivity index (χ2v) is 3.29. The molecule has 2 heteroatoms. The molecule has 0 aliphatic heterocycles. The summed E-state index contributed by atoms with van der Waals surface area (Å²) in [5.41, 5.74) is -0.125. The van der Waals surface area contributed by atoms with Gasteiger partial charge in [-0.3, -0.25) is 4.79 Å². The Balaban J connectivity index is 3.68. The minimum Gasteiger partial charge on any atom is -0.351 e. The van der Waals surface area contributed by atoms with E-state index in [0.717, 1.165) is 0 Å². The summed E-state index contributed by atoms with van der Waals surface area (Å²) in [7, 11) is 0. The molecule has 0 heterocycles. The zero-order valence-corrected chi connectivity index (χ0v) is 6.90. The molecule has 0 saturated carbocycles. The van der Waals surface area contributed by atoms with Crippen molar-refractivity contribution in [3.8, 4) is 0 Å². The summed E-state index contributed by atoms with van der Waals surface area (Å²) in [5, 5.41) is 2.81. The van der Waals surface area contributed by atoms with Gasteiger partial charge in [0.25, 0.3) is 0 Å². The van der Waals surface area contributed by atoms with Crippen molar-refractivity contribution in [1.82, 2.24) is 5.32 Å². The highest BCUT2D eigenvalue weighted by atomic mass is 16.1. The third kappa shape index (κ3) is 5.35. The van der Waals surface area contributed by atoms with E-state index in [4.69, 9.17) is 0 Å². The van der Waals surface area contributed by atoms with Crippen molar-refractivity contribution in [3.05, 3.63) is 12.7 Å². The van der Waals surface area contributed by atoms with E-state index in [1.54, 1.807) is 6.08 Å². The van der Waals surface area contributed by atoms with Crippen molar-refractivity contribution < 1.29 is 4.79 Å². The van der Waals surface area contributed by atoms with Crippen molar-refractivity contribution in [1.29, 1.82) is 0 Å². The van der Waals surface area contributed by atoms with Crippen LogP contribution >= 0.6 is 0 Å². The maximum absolute atomic E-state index is 10.9. The van der Waals surface area contributed by atoms with Crippen LogP contribution in [0, 0.1) is 0 Å². The number of hydrogen-bond acceptors (Lipinski definition) is 1. The van der Waals surface area contributed by atoms with Crippen LogP contribution in [0.3, 0.4) is 0 Å². The van der Waals surface area contributed by atoms with Crippen molar-refractivity contribution in [2.24, 2.45) is 0 Å². The Morgan fingerprint density at radius 2 is 2.10 bits per heavy atom. The van der Waals surface area contributed by atoms with Crippen molar-refractivity contribution in [3.63, 3.8) is 0 Å². The number of hydrogen-bond donors (Lipinski definition) is 1. The van der Waals surface area contributed by atoms with Crippen LogP contribution in [0.1, 0.15) is 27.2 Å². The molecule has 2 nitrogen and oxygen atoms in total. The second-order valence-electron chi connectivity index (χ2n) is 3.29. The number of carbonyl (C=O) groups excluding carboxylic acids is 1. The van der Waals surface area contributed by atoms with Crippen LogP contribution in [0.25, 0.3) is 0 Å². The molecule has 0 aliphatic carbocycles. The molecule has 0 unspecified atom stereocenters. The van der Waals surface area contributed by atoms with Crippen molar-refractivity contribution >= 4 is 5.91 Å². The fourth-order valence-electron chi connectivity index (χ4n) is 0.600. The summed E-state index contributed by atoms with van der Waals surface area (Å²) < 4.78 is 0. The molecule has 58 valence electrons. The highest BCUT2D eigenvalue weighted by Crippen LogP contribution is 1.98. The lowest BCUT2D eigenvalue weighted by Gasteiger charge is -2.19. The van der Waals surface area contributed by atoms with Gasteiger partial charge in [0.15, 0.2) is 0 Å². The molecule has 0 aromatic carbocycles. The van der Waals surface area contributed by atoms with Gasteiger partial charge in [-0.1, -0.05) is 6.08 Å². The van der Waals surface area contributed by atoms with Crippen LogP contribution in [-0.2, 0) is 4.79 Å². The maximum atomic E-state index is 10.9. The highest BCUT2D eigenvalue weighted by molar-refractivity contribution is 5.77. The average molecular weight is 141 g/mol. The zero-order valence-electron chi connectivity index (χ0n) is 6.90. The summed E-state index contributed by atoms with van der Waals surface area (Å²) in [5.74, 6) is 0.0301. The van der Waals surface area contributed by atoms with Gasteiger partial charge in [-0.25, -0.2) is 0 Å². The molecule has 0 aromatic heterocycles. The van der Waals surface area contributed by atoms with E-state index in [1.165, 1.54) is 0 Å². The summed E-state index contributed by atoms with van der Waals surface area (Å²) in [4.78, 5) is 10.9. The van der Waals surface area contributed by atoms with Gasteiger partial charge in [0.05, 0.1) is 0 Å². The Morgan fingerprint density at radius 1 is 1.60 bits per heavy atom. The first kappa shape index (κ1) is 9.21. The summed E-state index contributed by atoms with van der Waals surface area (Å²) in [6, 6.07) is 0. The van der Waals surface area contributed by atoms with Crippen LogP contribution in [0.4, 0.5) is 0 Å². The first-order valence-corrected chi connectivity index (χ1v) is 3.37. The first-order valence-electron chi connectivity index (χ1n) is 3.37. The SMILES string of the molecule is C=CCC(=O)NC(C)(C)C. The third-order valence-electron chi connectivity index (χ3n) is 0.844. The van der Waals surface area contributed by atoms with Crippen molar-refractivity contribution in [2.75, 3.05) is 0 Å². The van der Waals surface area contributed by atoms with Gasteiger partial charge in [-0.05, 0) is 20.8 Å². The molecular weight excluding hydrogens is 126 g/mol. The zero-order chi connectivity index (χ0) is 8.20. The van der Waals surface area contributed by atoms with Crippen molar-refractivity contribution in [2.45, 2.75) is 32.7 Å². The van der Waals surface area contributed by atoms with Gasteiger partial charge >= 0.3 is 0 Å². The fraction of sp³-hybridized carbons (Fsp3) is 0.625. The van der Waals surface area contributed by atoms with Gasteiger partial charge in [-0.2, -0.15) is 0 Å². The van der Waals surface area contributed by atoms with E-state index < -0.39 is 0 Å². The van der Waals surface area contributed by atoms with Gasteiger partial charge in [0.1, 0.15) is 0 Å². The molecular formula is C8H15NO. The lowest BCUT2D eigenvalue weighted by atomic mass is 10.1. The molecule has 0 aliphatic rings. The Morgan fingerprint density at radius 3 is 2.40 bits per heavy atom. The molecule has 1 N–H and O–H groups in total. The van der Waals surface area contributed by atoms with Gasteiger partial charge in [0, 0.05) is 12.0 Å². The predicted octanol–water partition coefficient (Wildman–Crippen LogP) is 1.48. The maximum Gasteiger partial charge on any atom is 0.224 e. The largest absolute Gasteiger partial charge is 0.351 e. The minimum absolute atomic E-state index is 0.0301. The molecule has 10 heavy (non-hydrogen) atoms. The van der Waals surface area contributed by atoms with Crippen LogP contribution in [0.2, 0.25) is 0 Å². The van der Waals surface area contributed by atoms with E-state index in [1.807, 2.05) is 20.8 Å².